The first-order valence-electron chi connectivity index (χ1n) is 7.46. The predicted molar refractivity (Wildman–Crippen MR) is 88.5 cm³/mol. The molecule has 4 nitrogen and oxygen atoms in total. The monoisotopic (exact) mass is 307 g/mol. The van der Waals surface area contributed by atoms with Gasteiger partial charge in [0.1, 0.15) is 11.3 Å². The number of hydrogen-bond acceptors (Lipinski definition) is 2. The second-order valence-corrected chi connectivity index (χ2v) is 5.36. The lowest BCUT2D eigenvalue weighted by Gasteiger charge is -2.06. The number of rotatable bonds is 2. The Labute approximate surface area is 131 Å². The number of aromatic nitrogens is 3. The van der Waals surface area contributed by atoms with Crippen LogP contribution in [0.1, 0.15) is 6.92 Å². The van der Waals surface area contributed by atoms with Gasteiger partial charge in [-0.15, -0.1) is 0 Å². The molecule has 0 fully saturated rings. The van der Waals surface area contributed by atoms with Gasteiger partial charge in [-0.3, -0.25) is 4.79 Å². The smallest absolute Gasteiger partial charge is 0.296 e. The molecule has 4 aromatic rings. The molecule has 0 atom stereocenters. The third-order valence-electron chi connectivity index (χ3n) is 4.09. The van der Waals surface area contributed by atoms with E-state index in [-0.39, 0.29) is 11.4 Å². The molecule has 0 aliphatic rings. The first-order chi connectivity index (χ1) is 11.2. The molecule has 0 saturated carbocycles. The van der Waals surface area contributed by atoms with Crippen LogP contribution in [0, 0.1) is 5.82 Å². The summed E-state index contributed by atoms with van der Waals surface area (Å²) < 4.78 is 16.4. The molecule has 5 heteroatoms. The molecular formula is C18H14FN3O. The van der Waals surface area contributed by atoms with Crippen LogP contribution in [0.15, 0.2) is 59.5 Å². The minimum atomic E-state index is -0.342. The summed E-state index contributed by atoms with van der Waals surface area (Å²) in [7, 11) is 0. The van der Waals surface area contributed by atoms with E-state index in [0.29, 0.717) is 17.7 Å². The zero-order valence-corrected chi connectivity index (χ0v) is 12.5. The Morgan fingerprint density at radius 3 is 2.52 bits per heavy atom. The molecule has 0 N–H and O–H groups in total. The SMILES string of the molecule is CCn1c2ccccc2c2cnn(-c3ccc(F)cc3)c(=O)c21. The lowest BCUT2D eigenvalue weighted by molar-refractivity contribution is 0.626. The lowest BCUT2D eigenvalue weighted by atomic mass is 10.2. The number of aryl methyl sites for hydroxylation is 1. The highest BCUT2D eigenvalue weighted by atomic mass is 19.1. The number of nitrogens with zero attached hydrogens (tertiary/aromatic N) is 3. The van der Waals surface area contributed by atoms with Gasteiger partial charge in [0.25, 0.3) is 5.56 Å². The molecule has 0 bridgehead atoms. The van der Waals surface area contributed by atoms with Gasteiger partial charge in [0.2, 0.25) is 0 Å². The molecule has 0 aliphatic carbocycles. The molecule has 4 rings (SSSR count). The second-order valence-electron chi connectivity index (χ2n) is 5.36. The van der Waals surface area contributed by atoms with Crippen LogP contribution in [0.3, 0.4) is 0 Å². The van der Waals surface area contributed by atoms with Gasteiger partial charge < -0.3 is 4.57 Å². The standard InChI is InChI=1S/C18H14FN3O/c1-2-21-16-6-4-3-5-14(16)15-11-20-22(18(23)17(15)21)13-9-7-12(19)8-10-13/h3-11H,2H2,1H3. The van der Waals surface area contributed by atoms with Crippen molar-refractivity contribution in [2.24, 2.45) is 0 Å². The highest BCUT2D eigenvalue weighted by Gasteiger charge is 2.15. The van der Waals surface area contributed by atoms with Crippen LogP contribution in [-0.2, 0) is 6.54 Å². The second kappa shape index (κ2) is 5.05. The van der Waals surface area contributed by atoms with Crippen molar-refractivity contribution < 1.29 is 4.39 Å². The summed E-state index contributed by atoms with van der Waals surface area (Å²) in [4.78, 5) is 12.9. The van der Waals surface area contributed by atoms with Crippen molar-refractivity contribution in [2.45, 2.75) is 13.5 Å². The minimum absolute atomic E-state index is 0.202. The fourth-order valence-corrected chi connectivity index (χ4v) is 3.05. The maximum Gasteiger partial charge on any atom is 0.296 e. The van der Waals surface area contributed by atoms with E-state index < -0.39 is 0 Å². The van der Waals surface area contributed by atoms with Gasteiger partial charge in [0, 0.05) is 22.8 Å². The largest absolute Gasteiger partial charge is 0.336 e. The third-order valence-corrected chi connectivity index (χ3v) is 4.09. The number of halogens is 1. The summed E-state index contributed by atoms with van der Waals surface area (Å²) in [6.45, 7) is 2.70. The minimum Gasteiger partial charge on any atom is -0.336 e. The summed E-state index contributed by atoms with van der Waals surface area (Å²) in [5, 5.41) is 6.13. The van der Waals surface area contributed by atoms with Crippen LogP contribution >= 0.6 is 0 Å². The summed E-state index contributed by atoms with van der Waals surface area (Å²) >= 11 is 0. The summed E-state index contributed by atoms with van der Waals surface area (Å²) in [6.07, 6.45) is 1.70. The van der Waals surface area contributed by atoms with Crippen LogP contribution in [0.5, 0.6) is 0 Å². The molecule has 0 radical (unpaired) electrons. The maximum atomic E-state index is 13.1. The van der Waals surface area contributed by atoms with E-state index in [1.807, 2.05) is 35.8 Å². The van der Waals surface area contributed by atoms with E-state index in [2.05, 4.69) is 5.10 Å². The fourth-order valence-electron chi connectivity index (χ4n) is 3.05. The third kappa shape index (κ3) is 1.97. The zero-order chi connectivity index (χ0) is 16.0. The van der Waals surface area contributed by atoms with Crippen molar-refractivity contribution in [2.75, 3.05) is 0 Å². The lowest BCUT2D eigenvalue weighted by Crippen LogP contribution is -2.22. The molecule has 2 heterocycles. The maximum absolute atomic E-state index is 13.1. The normalized spacial score (nSPS) is 11.4. The van der Waals surface area contributed by atoms with Crippen LogP contribution in [0.4, 0.5) is 4.39 Å². The summed E-state index contributed by atoms with van der Waals surface area (Å²) in [5.74, 6) is -0.342. The van der Waals surface area contributed by atoms with Crippen molar-refractivity contribution in [3.05, 3.63) is 70.9 Å². The highest BCUT2D eigenvalue weighted by Crippen LogP contribution is 2.26. The van der Waals surface area contributed by atoms with Gasteiger partial charge in [-0.05, 0) is 37.3 Å². The average molecular weight is 307 g/mol. The van der Waals surface area contributed by atoms with Gasteiger partial charge in [-0.1, -0.05) is 18.2 Å². The number of fused-ring (bicyclic) bond motifs is 3. The van der Waals surface area contributed by atoms with Crippen molar-refractivity contribution in [3.63, 3.8) is 0 Å². The zero-order valence-electron chi connectivity index (χ0n) is 12.5. The van der Waals surface area contributed by atoms with E-state index in [4.69, 9.17) is 0 Å². The fraction of sp³-hybridized carbons (Fsp3) is 0.111. The Morgan fingerprint density at radius 2 is 1.78 bits per heavy atom. The van der Waals surface area contributed by atoms with E-state index in [0.717, 1.165) is 16.3 Å². The van der Waals surface area contributed by atoms with Crippen molar-refractivity contribution in [1.29, 1.82) is 0 Å². The Kier molecular flexibility index (Phi) is 3.01. The first-order valence-corrected chi connectivity index (χ1v) is 7.46. The Bertz CT molecular complexity index is 1080. The molecule has 114 valence electrons. The molecule has 0 saturated heterocycles. The van der Waals surface area contributed by atoms with Crippen LogP contribution in [0.2, 0.25) is 0 Å². The Morgan fingerprint density at radius 1 is 1.04 bits per heavy atom. The van der Waals surface area contributed by atoms with Crippen LogP contribution in [-0.4, -0.2) is 14.3 Å². The molecule has 0 aliphatic heterocycles. The van der Waals surface area contributed by atoms with Gasteiger partial charge in [-0.25, -0.2) is 4.39 Å². The molecule has 23 heavy (non-hydrogen) atoms. The van der Waals surface area contributed by atoms with Gasteiger partial charge in [-0.2, -0.15) is 9.78 Å². The summed E-state index contributed by atoms with van der Waals surface area (Å²) in [6, 6.07) is 13.6. The Balaban J connectivity index is 2.11. The molecular weight excluding hydrogens is 293 g/mol. The molecule has 0 spiro atoms. The highest BCUT2D eigenvalue weighted by molar-refractivity contribution is 6.07. The van der Waals surface area contributed by atoms with Crippen LogP contribution in [0.25, 0.3) is 27.5 Å². The van der Waals surface area contributed by atoms with E-state index in [9.17, 15) is 9.18 Å². The quantitative estimate of drug-likeness (QED) is 0.568. The van der Waals surface area contributed by atoms with Gasteiger partial charge in [0.05, 0.1) is 11.9 Å². The summed E-state index contributed by atoms with van der Waals surface area (Å²) in [5.41, 5.74) is 1.98. The molecule has 0 amide bonds. The van der Waals surface area contributed by atoms with Crippen LogP contribution < -0.4 is 5.56 Å². The molecule has 2 aromatic carbocycles. The number of benzene rings is 2. The first kappa shape index (κ1) is 13.7. The average Bonchev–Trinajstić information content (AvgIpc) is 2.91. The topological polar surface area (TPSA) is 39.8 Å². The number of hydrogen-bond donors (Lipinski definition) is 0. The molecule has 0 unspecified atom stereocenters. The predicted octanol–water partition coefficient (Wildman–Crippen LogP) is 3.50. The van der Waals surface area contributed by atoms with E-state index >= 15 is 0 Å². The van der Waals surface area contributed by atoms with Gasteiger partial charge in [0.15, 0.2) is 0 Å². The van der Waals surface area contributed by atoms with Crippen molar-refractivity contribution in [3.8, 4) is 5.69 Å². The van der Waals surface area contributed by atoms with Crippen molar-refractivity contribution in [1.82, 2.24) is 14.3 Å². The number of para-hydroxylation sites is 1. The van der Waals surface area contributed by atoms with E-state index in [1.165, 1.54) is 16.8 Å². The molecule has 2 aromatic heterocycles. The van der Waals surface area contributed by atoms with Crippen molar-refractivity contribution >= 4 is 21.8 Å². The van der Waals surface area contributed by atoms with Gasteiger partial charge >= 0.3 is 0 Å². The van der Waals surface area contributed by atoms with E-state index in [1.54, 1.807) is 18.3 Å². The Hall–Kier alpha value is -2.95.